The van der Waals surface area contributed by atoms with Gasteiger partial charge in [-0.3, -0.25) is 4.79 Å². The summed E-state index contributed by atoms with van der Waals surface area (Å²) in [6.45, 7) is 7.65. The number of nitrogens with one attached hydrogen (secondary N) is 2. The maximum Gasteiger partial charge on any atom is 0.217 e. The van der Waals surface area contributed by atoms with Crippen LogP contribution >= 0.6 is 0 Å². The molecule has 0 fully saturated rings. The van der Waals surface area contributed by atoms with E-state index in [9.17, 15) is 4.79 Å². The summed E-state index contributed by atoms with van der Waals surface area (Å²) in [4.78, 5) is 10.5. The first-order valence-electron chi connectivity index (χ1n) is 3.28. The Kier molecular flexibility index (Phi) is 4.37. The number of carbonyl (C=O) groups excluding carboxylic acids is 1. The molecule has 0 spiro atoms. The Morgan fingerprint density at radius 3 is 2.80 bits per heavy atom. The molecule has 0 heterocycles. The Labute approximate surface area is 61.5 Å². The fraction of sp³-hybridized carbons (Fsp3) is 0.571. The minimum absolute atomic E-state index is 0.00152. The first-order chi connectivity index (χ1) is 4.66. The van der Waals surface area contributed by atoms with Gasteiger partial charge in [-0.25, -0.2) is 0 Å². The van der Waals surface area contributed by atoms with Crippen LogP contribution in [-0.2, 0) is 4.79 Å². The second kappa shape index (κ2) is 4.85. The topological polar surface area (TPSA) is 41.1 Å². The summed E-state index contributed by atoms with van der Waals surface area (Å²) in [5, 5.41) is 5.63. The van der Waals surface area contributed by atoms with Gasteiger partial charge in [0.05, 0.1) is 0 Å². The van der Waals surface area contributed by atoms with Crippen LogP contribution in [0.15, 0.2) is 12.8 Å². The molecule has 0 bridgehead atoms. The molecule has 0 aromatic carbocycles. The molecule has 0 radical (unpaired) electrons. The summed E-state index contributed by atoms with van der Waals surface area (Å²) >= 11 is 0. The zero-order valence-electron chi connectivity index (χ0n) is 6.48. The van der Waals surface area contributed by atoms with Crippen molar-refractivity contribution < 1.29 is 4.79 Å². The van der Waals surface area contributed by atoms with E-state index in [1.165, 1.54) is 6.92 Å². The lowest BCUT2D eigenvalue weighted by Crippen LogP contribution is -2.37. The SMILES string of the molecule is C=CNCC(C)NC(C)=O. The van der Waals surface area contributed by atoms with Crippen molar-refractivity contribution in [2.24, 2.45) is 0 Å². The molecule has 0 saturated carbocycles. The lowest BCUT2D eigenvalue weighted by atomic mass is 10.3. The molecule has 0 aliphatic rings. The fourth-order valence-corrected chi connectivity index (χ4v) is 0.658. The average Bonchev–Trinajstić information content (AvgIpc) is 1.82. The molecule has 0 aromatic heterocycles. The Hall–Kier alpha value is -0.990. The van der Waals surface area contributed by atoms with Crippen molar-refractivity contribution in [1.29, 1.82) is 0 Å². The van der Waals surface area contributed by atoms with Crippen LogP contribution in [0.4, 0.5) is 0 Å². The van der Waals surface area contributed by atoms with Crippen molar-refractivity contribution in [2.75, 3.05) is 6.54 Å². The molecule has 1 amide bonds. The Bertz CT molecular complexity index is 123. The standard InChI is InChI=1S/C7H14N2O/c1-4-8-5-6(2)9-7(3)10/h4,6,8H,1,5H2,2-3H3,(H,9,10). The number of amides is 1. The smallest absolute Gasteiger partial charge is 0.217 e. The van der Waals surface area contributed by atoms with E-state index in [0.717, 1.165) is 6.54 Å². The number of hydrogen-bond acceptors (Lipinski definition) is 2. The molecule has 0 saturated heterocycles. The number of carbonyl (C=O) groups is 1. The van der Waals surface area contributed by atoms with Crippen molar-refractivity contribution in [3.05, 3.63) is 12.8 Å². The highest BCUT2D eigenvalue weighted by Crippen LogP contribution is 1.77. The van der Waals surface area contributed by atoms with E-state index >= 15 is 0 Å². The van der Waals surface area contributed by atoms with Crippen LogP contribution in [0.1, 0.15) is 13.8 Å². The summed E-state index contributed by atoms with van der Waals surface area (Å²) in [5.41, 5.74) is 0. The first-order valence-corrected chi connectivity index (χ1v) is 3.28. The van der Waals surface area contributed by atoms with Crippen molar-refractivity contribution >= 4 is 5.91 Å². The van der Waals surface area contributed by atoms with E-state index in [-0.39, 0.29) is 11.9 Å². The highest BCUT2D eigenvalue weighted by Gasteiger charge is 1.99. The second-order valence-electron chi connectivity index (χ2n) is 2.21. The Morgan fingerprint density at radius 1 is 1.80 bits per heavy atom. The number of hydrogen-bond donors (Lipinski definition) is 2. The highest BCUT2D eigenvalue weighted by atomic mass is 16.1. The molecule has 1 unspecified atom stereocenters. The molecule has 0 rings (SSSR count). The average molecular weight is 142 g/mol. The summed E-state index contributed by atoms with van der Waals surface area (Å²) < 4.78 is 0. The summed E-state index contributed by atoms with van der Waals surface area (Å²) in [5.74, 6) is -0.00152. The van der Waals surface area contributed by atoms with Crippen molar-refractivity contribution in [2.45, 2.75) is 19.9 Å². The number of rotatable bonds is 4. The minimum Gasteiger partial charge on any atom is -0.389 e. The van der Waals surface area contributed by atoms with Gasteiger partial charge >= 0.3 is 0 Å². The summed E-state index contributed by atoms with van der Waals surface area (Å²) in [6, 6.07) is 0.162. The normalized spacial score (nSPS) is 11.8. The van der Waals surface area contributed by atoms with Crippen LogP contribution in [0, 0.1) is 0 Å². The van der Waals surface area contributed by atoms with Gasteiger partial charge in [0.2, 0.25) is 5.91 Å². The van der Waals surface area contributed by atoms with E-state index in [1.807, 2.05) is 6.92 Å². The van der Waals surface area contributed by atoms with Crippen molar-refractivity contribution in [1.82, 2.24) is 10.6 Å². The Morgan fingerprint density at radius 2 is 2.40 bits per heavy atom. The van der Waals surface area contributed by atoms with Crippen molar-refractivity contribution in [3.8, 4) is 0 Å². The van der Waals surface area contributed by atoms with E-state index in [4.69, 9.17) is 0 Å². The molecule has 3 nitrogen and oxygen atoms in total. The van der Waals surface area contributed by atoms with E-state index in [0.29, 0.717) is 0 Å². The first kappa shape index (κ1) is 9.01. The van der Waals surface area contributed by atoms with Gasteiger partial charge in [-0.15, -0.1) is 0 Å². The van der Waals surface area contributed by atoms with Crippen molar-refractivity contribution in [3.63, 3.8) is 0 Å². The Balaban J connectivity index is 3.33. The van der Waals surface area contributed by atoms with Gasteiger partial charge in [-0.1, -0.05) is 6.58 Å². The van der Waals surface area contributed by atoms with Gasteiger partial charge in [0.15, 0.2) is 0 Å². The molecule has 0 aliphatic heterocycles. The van der Waals surface area contributed by atoms with Crippen LogP contribution in [0.5, 0.6) is 0 Å². The van der Waals surface area contributed by atoms with Gasteiger partial charge in [-0.05, 0) is 13.1 Å². The lowest BCUT2D eigenvalue weighted by Gasteiger charge is -2.11. The predicted octanol–water partition coefficient (Wildman–Crippen LogP) is 0.244. The molecule has 3 heteroatoms. The van der Waals surface area contributed by atoms with Gasteiger partial charge < -0.3 is 10.6 Å². The third-order valence-corrected chi connectivity index (χ3v) is 1.02. The zero-order chi connectivity index (χ0) is 7.98. The van der Waals surface area contributed by atoms with Crippen LogP contribution in [0.2, 0.25) is 0 Å². The van der Waals surface area contributed by atoms with E-state index in [1.54, 1.807) is 6.20 Å². The summed E-state index contributed by atoms with van der Waals surface area (Å²) in [6.07, 6.45) is 1.61. The van der Waals surface area contributed by atoms with Crippen LogP contribution in [0.25, 0.3) is 0 Å². The van der Waals surface area contributed by atoms with Crippen LogP contribution in [0.3, 0.4) is 0 Å². The molecular formula is C7H14N2O. The van der Waals surface area contributed by atoms with Gasteiger partial charge in [0.1, 0.15) is 0 Å². The molecule has 10 heavy (non-hydrogen) atoms. The zero-order valence-corrected chi connectivity index (χ0v) is 6.48. The quantitative estimate of drug-likeness (QED) is 0.590. The molecule has 58 valence electrons. The van der Waals surface area contributed by atoms with Gasteiger partial charge in [0, 0.05) is 19.5 Å². The molecule has 0 aliphatic carbocycles. The minimum atomic E-state index is -0.00152. The van der Waals surface area contributed by atoms with E-state index in [2.05, 4.69) is 17.2 Å². The summed E-state index contributed by atoms with van der Waals surface area (Å²) in [7, 11) is 0. The fourth-order valence-electron chi connectivity index (χ4n) is 0.658. The third kappa shape index (κ3) is 5.15. The van der Waals surface area contributed by atoms with Crippen LogP contribution < -0.4 is 10.6 Å². The molecule has 1 atom stereocenters. The second-order valence-corrected chi connectivity index (χ2v) is 2.21. The largest absolute Gasteiger partial charge is 0.389 e. The van der Waals surface area contributed by atoms with Crippen LogP contribution in [-0.4, -0.2) is 18.5 Å². The third-order valence-electron chi connectivity index (χ3n) is 1.02. The molecular weight excluding hydrogens is 128 g/mol. The monoisotopic (exact) mass is 142 g/mol. The maximum absolute atomic E-state index is 10.5. The predicted molar refractivity (Wildman–Crippen MR) is 41.5 cm³/mol. The highest BCUT2D eigenvalue weighted by molar-refractivity contribution is 5.73. The van der Waals surface area contributed by atoms with Gasteiger partial charge in [0.25, 0.3) is 0 Å². The molecule has 2 N–H and O–H groups in total. The maximum atomic E-state index is 10.5. The van der Waals surface area contributed by atoms with E-state index < -0.39 is 0 Å². The molecule has 0 aromatic rings. The lowest BCUT2D eigenvalue weighted by molar-refractivity contribution is -0.119. The van der Waals surface area contributed by atoms with Gasteiger partial charge in [-0.2, -0.15) is 0 Å².